The lowest BCUT2D eigenvalue weighted by molar-refractivity contribution is -0.138. The van der Waals surface area contributed by atoms with Gasteiger partial charge >= 0.3 is 12.1 Å². The van der Waals surface area contributed by atoms with Crippen molar-refractivity contribution < 1.29 is 22.7 Å². The maximum atomic E-state index is 12.9. The number of ether oxygens (including phenoxy) is 1. The van der Waals surface area contributed by atoms with Gasteiger partial charge in [0.2, 0.25) is 0 Å². The van der Waals surface area contributed by atoms with E-state index in [1.54, 1.807) is 35.3 Å². The summed E-state index contributed by atoms with van der Waals surface area (Å²) in [5.41, 5.74) is 0.0794. The number of hydrogen-bond acceptors (Lipinski definition) is 3. The highest BCUT2D eigenvalue weighted by molar-refractivity contribution is 5.91. The molecule has 0 saturated carbocycles. The van der Waals surface area contributed by atoms with Gasteiger partial charge in [-0.2, -0.15) is 18.3 Å². The summed E-state index contributed by atoms with van der Waals surface area (Å²) in [6.07, 6.45) is -1.13. The van der Waals surface area contributed by atoms with Crippen molar-refractivity contribution in [2.45, 2.75) is 12.7 Å². The van der Waals surface area contributed by atoms with Crippen molar-refractivity contribution in [3.63, 3.8) is 0 Å². The Morgan fingerprint density at radius 3 is 2.40 bits per heavy atom. The van der Waals surface area contributed by atoms with Crippen molar-refractivity contribution in [2.24, 2.45) is 0 Å². The smallest absolute Gasteiger partial charge is 0.419 e. The van der Waals surface area contributed by atoms with E-state index in [0.717, 1.165) is 17.7 Å². The Morgan fingerprint density at radius 1 is 1.04 bits per heavy atom. The average molecular weight is 346 g/mol. The maximum absolute atomic E-state index is 12.9. The molecule has 3 rings (SSSR count). The molecular formula is C18H13F3N2O2. The predicted molar refractivity (Wildman–Crippen MR) is 84.2 cm³/mol. The van der Waals surface area contributed by atoms with Crippen LogP contribution in [-0.4, -0.2) is 15.7 Å². The summed E-state index contributed by atoms with van der Waals surface area (Å²) in [4.78, 5) is 12.1. The largest absolute Gasteiger partial charge is 0.422 e. The van der Waals surface area contributed by atoms with Crippen LogP contribution in [0.2, 0.25) is 0 Å². The zero-order valence-corrected chi connectivity index (χ0v) is 12.9. The van der Waals surface area contributed by atoms with Crippen LogP contribution < -0.4 is 4.74 Å². The molecular weight excluding hydrogens is 333 g/mol. The van der Waals surface area contributed by atoms with Gasteiger partial charge in [0.1, 0.15) is 5.75 Å². The van der Waals surface area contributed by atoms with Crippen LogP contribution in [0.25, 0.3) is 0 Å². The van der Waals surface area contributed by atoms with Gasteiger partial charge in [-0.3, -0.25) is 4.68 Å². The lowest BCUT2D eigenvalue weighted by Crippen LogP contribution is -2.13. The van der Waals surface area contributed by atoms with E-state index in [0.29, 0.717) is 6.54 Å². The summed E-state index contributed by atoms with van der Waals surface area (Å²) in [6, 6.07) is 12.8. The van der Waals surface area contributed by atoms with E-state index < -0.39 is 23.5 Å². The number of carbonyl (C=O) groups excluding carboxylic acids is 1. The fourth-order valence-electron chi connectivity index (χ4n) is 2.28. The SMILES string of the molecule is O=C(Oc1ccccc1C(F)(F)F)c1ccc(Cn2cccn2)cc1. The third kappa shape index (κ3) is 4.06. The standard InChI is InChI=1S/C18H13F3N2O2/c19-18(20,21)15-4-1-2-5-16(15)25-17(24)14-8-6-13(7-9-14)12-23-11-3-10-22-23/h1-11H,12H2. The molecule has 1 heterocycles. The van der Waals surface area contributed by atoms with Gasteiger partial charge < -0.3 is 4.74 Å². The molecule has 0 N–H and O–H groups in total. The van der Waals surface area contributed by atoms with Gasteiger partial charge in [-0.25, -0.2) is 4.79 Å². The number of benzene rings is 2. The first kappa shape index (κ1) is 16.8. The van der Waals surface area contributed by atoms with Crippen LogP contribution in [0.1, 0.15) is 21.5 Å². The van der Waals surface area contributed by atoms with Crippen molar-refractivity contribution in [1.29, 1.82) is 0 Å². The van der Waals surface area contributed by atoms with Gasteiger partial charge in [-0.15, -0.1) is 0 Å². The molecule has 2 aromatic carbocycles. The molecule has 0 aliphatic rings. The Labute approximate surface area is 141 Å². The van der Waals surface area contributed by atoms with Crippen LogP contribution in [0.4, 0.5) is 13.2 Å². The monoisotopic (exact) mass is 346 g/mol. The Morgan fingerprint density at radius 2 is 1.76 bits per heavy atom. The minimum Gasteiger partial charge on any atom is -0.422 e. The highest BCUT2D eigenvalue weighted by Gasteiger charge is 2.34. The first-order valence-electron chi connectivity index (χ1n) is 7.38. The van der Waals surface area contributed by atoms with Crippen LogP contribution in [0.15, 0.2) is 67.0 Å². The number of hydrogen-bond donors (Lipinski definition) is 0. The van der Waals surface area contributed by atoms with E-state index in [4.69, 9.17) is 4.74 Å². The fraction of sp³-hybridized carbons (Fsp3) is 0.111. The van der Waals surface area contributed by atoms with Gasteiger partial charge in [-0.1, -0.05) is 24.3 Å². The zero-order chi connectivity index (χ0) is 17.9. The van der Waals surface area contributed by atoms with Gasteiger partial charge in [-0.05, 0) is 35.9 Å². The minimum atomic E-state index is -4.59. The fourth-order valence-corrected chi connectivity index (χ4v) is 2.28. The maximum Gasteiger partial charge on any atom is 0.419 e. The van der Waals surface area contributed by atoms with Gasteiger partial charge in [0, 0.05) is 12.4 Å². The average Bonchev–Trinajstić information content (AvgIpc) is 3.08. The Balaban J connectivity index is 1.74. The first-order valence-corrected chi connectivity index (χ1v) is 7.38. The molecule has 4 nitrogen and oxygen atoms in total. The molecule has 128 valence electrons. The number of rotatable bonds is 4. The molecule has 0 bridgehead atoms. The molecule has 0 saturated heterocycles. The zero-order valence-electron chi connectivity index (χ0n) is 12.9. The number of aromatic nitrogens is 2. The number of alkyl halides is 3. The first-order chi connectivity index (χ1) is 11.9. The van der Waals surface area contributed by atoms with E-state index in [1.807, 2.05) is 0 Å². The van der Waals surface area contributed by atoms with Gasteiger partial charge in [0.25, 0.3) is 0 Å². The molecule has 0 radical (unpaired) electrons. The molecule has 0 spiro atoms. The molecule has 7 heteroatoms. The highest BCUT2D eigenvalue weighted by Crippen LogP contribution is 2.36. The van der Waals surface area contributed by atoms with Crippen LogP contribution >= 0.6 is 0 Å². The predicted octanol–water partition coefficient (Wildman–Crippen LogP) is 4.17. The van der Waals surface area contributed by atoms with E-state index in [2.05, 4.69) is 5.10 Å². The summed E-state index contributed by atoms with van der Waals surface area (Å²) in [5.74, 6) is -1.36. The van der Waals surface area contributed by atoms with Crippen LogP contribution in [0, 0.1) is 0 Å². The number of carbonyl (C=O) groups is 1. The van der Waals surface area contributed by atoms with Crippen LogP contribution in [0.3, 0.4) is 0 Å². The Bertz CT molecular complexity index is 857. The second-order valence-electron chi connectivity index (χ2n) is 5.28. The quantitative estimate of drug-likeness (QED) is 0.526. The van der Waals surface area contributed by atoms with E-state index in [9.17, 15) is 18.0 Å². The molecule has 1 aromatic heterocycles. The number of para-hydroxylation sites is 1. The molecule has 3 aromatic rings. The van der Waals surface area contributed by atoms with E-state index in [-0.39, 0.29) is 5.56 Å². The number of nitrogens with zero attached hydrogens (tertiary/aromatic N) is 2. The molecule has 0 fully saturated rings. The summed E-state index contributed by atoms with van der Waals surface area (Å²) < 4.78 is 45.4. The summed E-state index contributed by atoms with van der Waals surface area (Å²) in [6.45, 7) is 0.527. The van der Waals surface area contributed by atoms with Gasteiger partial charge in [0.15, 0.2) is 0 Å². The van der Waals surface area contributed by atoms with Crippen molar-refractivity contribution in [1.82, 2.24) is 9.78 Å². The molecule has 25 heavy (non-hydrogen) atoms. The second kappa shape index (κ2) is 6.80. The lowest BCUT2D eigenvalue weighted by Gasteiger charge is -2.12. The molecule has 0 aliphatic heterocycles. The molecule has 0 aliphatic carbocycles. The number of esters is 1. The van der Waals surface area contributed by atoms with E-state index in [1.165, 1.54) is 24.3 Å². The second-order valence-corrected chi connectivity index (χ2v) is 5.28. The third-order valence-electron chi connectivity index (χ3n) is 3.49. The Hall–Kier alpha value is -3.09. The summed E-state index contributed by atoms with van der Waals surface area (Å²) in [5, 5.41) is 4.08. The minimum absolute atomic E-state index is 0.168. The lowest BCUT2D eigenvalue weighted by atomic mass is 10.1. The molecule has 0 atom stereocenters. The van der Waals surface area contributed by atoms with Gasteiger partial charge in [0.05, 0.1) is 17.7 Å². The summed E-state index contributed by atoms with van der Waals surface area (Å²) >= 11 is 0. The number of halogens is 3. The third-order valence-corrected chi connectivity index (χ3v) is 3.49. The molecule has 0 amide bonds. The molecule has 0 unspecified atom stereocenters. The highest BCUT2D eigenvalue weighted by atomic mass is 19.4. The Kier molecular flexibility index (Phi) is 4.56. The van der Waals surface area contributed by atoms with Crippen LogP contribution in [0.5, 0.6) is 5.75 Å². The topological polar surface area (TPSA) is 44.1 Å². The van der Waals surface area contributed by atoms with Crippen molar-refractivity contribution in [2.75, 3.05) is 0 Å². The van der Waals surface area contributed by atoms with E-state index >= 15 is 0 Å². The van der Waals surface area contributed by atoms with Crippen LogP contribution in [-0.2, 0) is 12.7 Å². The van der Waals surface area contributed by atoms with Crippen molar-refractivity contribution >= 4 is 5.97 Å². The van der Waals surface area contributed by atoms with Crippen molar-refractivity contribution in [3.05, 3.63) is 83.7 Å². The van der Waals surface area contributed by atoms with Crippen molar-refractivity contribution in [3.8, 4) is 5.75 Å². The normalized spacial score (nSPS) is 11.3. The summed E-state index contributed by atoms with van der Waals surface area (Å²) in [7, 11) is 0.